The Morgan fingerprint density at radius 2 is 1.70 bits per heavy atom. The molecule has 0 aliphatic heterocycles. The second-order valence-electron chi connectivity index (χ2n) is 5.46. The number of carbonyl (C=O) groups excluding carboxylic acids is 1. The molecule has 11 heteroatoms. The van der Waals surface area contributed by atoms with E-state index in [1.165, 1.54) is 0 Å². The lowest BCUT2D eigenvalue weighted by Gasteiger charge is -2.12. The molecule has 2 rings (SSSR count). The number of esters is 1. The molecule has 0 spiro atoms. The number of methoxy groups -OCH3 is 1. The van der Waals surface area contributed by atoms with Gasteiger partial charge in [0.15, 0.2) is 9.84 Å². The first-order valence-electron chi connectivity index (χ1n) is 7.14. The summed E-state index contributed by atoms with van der Waals surface area (Å²) >= 11 is 0. The second-order valence-corrected chi connectivity index (χ2v) is 7.45. The number of benzene rings is 2. The van der Waals surface area contributed by atoms with Gasteiger partial charge in [0, 0.05) is 12.3 Å². The van der Waals surface area contributed by atoms with Crippen LogP contribution in [-0.4, -0.2) is 32.7 Å². The normalized spacial score (nSPS) is 11.9. The molecule has 2 aromatic carbocycles. The number of hydrogen-bond donors (Lipinski definition) is 0. The van der Waals surface area contributed by atoms with Crippen LogP contribution >= 0.6 is 0 Å². The van der Waals surface area contributed by atoms with Crippen LogP contribution in [0.5, 0.6) is 0 Å². The van der Waals surface area contributed by atoms with Gasteiger partial charge >= 0.3 is 12.1 Å². The summed E-state index contributed by atoms with van der Waals surface area (Å²) in [4.78, 5) is 21.7. The second kappa shape index (κ2) is 6.99. The number of halogens is 3. The van der Waals surface area contributed by atoms with Crippen LogP contribution in [0.4, 0.5) is 18.9 Å². The van der Waals surface area contributed by atoms with Gasteiger partial charge in [-0.3, -0.25) is 10.1 Å². The molecule has 0 aliphatic carbocycles. The van der Waals surface area contributed by atoms with E-state index in [0.717, 1.165) is 37.6 Å². The highest BCUT2D eigenvalue weighted by Crippen LogP contribution is 2.39. The molecule has 27 heavy (non-hydrogen) atoms. The van der Waals surface area contributed by atoms with Crippen molar-refractivity contribution in [3.63, 3.8) is 0 Å². The van der Waals surface area contributed by atoms with Crippen molar-refractivity contribution >= 4 is 21.5 Å². The molecule has 0 fully saturated rings. The average molecular weight is 403 g/mol. The van der Waals surface area contributed by atoms with Crippen LogP contribution in [0, 0.1) is 10.1 Å². The third-order valence-electron chi connectivity index (χ3n) is 3.60. The Kier molecular flexibility index (Phi) is 5.27. The molecule has 144 valence electrons. The minimum Gasteiger partial charge on any atom is -0.465 e. The Hall–Kier alpha value is -2.95. The number of ether oxygens (including phenoxy) is 1. The van der Waals surface area contributed by atoms with Gasteiger partial charge in [-0.2, -0.15) is 13.2 Å². The molecule has 0 saturated carbocycles. The Morgan fingerprint density at radius 3 is 2.11 bits per heavy atom. The van der Waals surface area contributed by atoms with Crippen LogP contribution in [0.1, 0.15) is 15.9 Å². The largest absolute Gasteiger partial charge is 0.465 e. The minimum absolute atomic E-state index is 0.119. The fourth-order valence-electron chi connectivity index (χ4n) is 2.39. The SMILES string of the molecule is COC(=O)c1cc([N+](=O)[O-])c(-c2ccc(C(F)(F)F)cc2)c(S(C)(=O)=O)c1. The topological polar surface area (TPSA) is 104 Å². The zero-order valence-corrected chi connectivity index (χ0v) is 14.7. The summed E-state index contributed by atoms with van der Waals surface area (Å²) in [5.74, 6) is -0.998. The number of alkyl halides is 3. The highest BCUT2D eigenvalue weighted by molar-refractivity contribution is 7.90. The Labute approximate surface area is 151 Å². The number of nitro groups is 1. The molecule has 0 aromatic heterocycles. The molecular weight excluding hydrogens is 391 g/mol. The Morgan fingerprint density at radius 1 is 1.15 bits per heavy atom. The maximum Gasteiger partial charge on any atom is 0.416 e. The Balaban J connectivity index is 2.85. The standard InChI is InChI=1S/C16H12F3NO6S/c1-26-15(21)10-7-12(20(22)23)14(13(8-10)27(2,24)25)9-3-5-11(6-4-9)16(17,18)19/h3-8H,1-2H3. The fraction of sp³-hybridized carbons (Fsp3) is 0.188. The van der Waals surface area contributed by atoms with Gasteiger partial charge in [-0.05, 0) is 23.8 Å². The molecule has 0 saturated heterocycles. The number of rotatable bonds is 4. The number of sulfone groups is 1. The molecule has 0 atom stereocenters. The smallest absolute Gasteiger partial charge is 0.416 e. The van der Waals surface area contributed by atoms with E-state index in [0.29, 0.717) is 12.1 Å². The van der Waals surface area contributed by atoms with Crippen LogP contribution in [-0.2, 0) is 20.8 Å². The van der Waals surface area contributed by atoms with Gasteiger partial charge in [0.1, 0.15) is 0 Å². The van der Waals surface area contributed by atoms with Crippen molar-refractivity contribution in [2.75, 3.05) is 13.4 Å². The van der Waals surface area contributed by atoms with Crippen molar-refractivity contribution in [1.29, 1.82) is 0 Å². The molecule has 0 N–H and O–H groups in total. The Bertz CT molecular complexity index is 1010. The quantitative estimate of drug-likeness (QED) is 0.440. The number of nitro benzene ring substituents is 1. The van der Waals surface area contributed by atoms with E-state index in [1.54, 1.807) is 0 Å². The van der Waals surface area contributed by atoms with Crippen molar-refractivity contribution in [1.82, 2.24) is 0 Å². The first-order valence-corrected chi connectivity index (χ1v) is 9.04. The van der Waals surface area contributed by atoms with E-state index in [9.17, 15) is 36.5 Å². The van der Waals surface area contributed by atoms with Crippen molar-refractivity contribution in [3.05, 3.63) is 57.6 Å². The predicted octanol–water partition coefficient (Wildman–Crippen LogP) is 3.47. The summed E-state index contributed by atoms with van der Waals surface area (Å²) in [6, 6.07) is 4.92. The molecule has 2 aromatic rings. The number of hydrogen-bond acceptors (Lipinski definition) is 6. The summed E-state index contributed by atoms with van der Waals surface area (Å²) in [7, 11) is -3.06. The highest BCUT2D eigenvalue weighted by atomic mass is 32.2. The minimum atomic E-state index is -4.63. The third kappa shape index (κ3) is 4.25. The van der Waals surface area contributed by atoms with Crippen LogP contribution < -0.4 is 0 Å². The van der Waals surface area contributed by atoms with Gasteiger partial charge in [-0.1, -0.05) is 12.1 Å². The van der Waals surface area contributed by atoms with E-state index in [4.69, 9.17) is 0 Å². The van der Waals surface area contributed by atoms with Gasteiger partial charge in [-0.25, -0.2) is 13.2 Å². The summed E-state index contributed by atoms with van der Waals surface area (Å²) in [6.45, 7) is 0. The van der Waals surface area contributed by atoms with E-state index in [1.807, 2.05) is 0 Å². The van der Waals surface area contributed by atoms with E-state index in [-0.39, 0.29) is 11.1 Å². The first-order chi connectivity index (χ1) is 12.4. The van der Waals surface area contributed by atoms with Crippen molar-refractivity contribution in [2.45, 2.75) is 11.1 Å². The summed E-state index contributed by atoms with van der Waals surface area (Å²) in [5.41, 5.74) is -2.66. The first kappa shape index (κ1) is 20.4. The zero-order chi connectivity index (χ0) is 20.6. The van der Waals surface area contributed by atoms with Gasteiger partial charge in [0.05, 0.1) is 33.6 Å². The maximum atomic E-state index is 12.7. The molecule has 7 nitrogen and oxygen atoms in total. The van der Waals surface area contributed by atoms with Crippen LogP contribution in [0.3, 0.4) is 0 Å². The molecule has 0 aliphatic rings. The fourth-order valence-corrected chi connectivity index (χ4v) is 3.32. The zero-order valence-electron chi connectivity index (χ0n) is 13.9. The maximum absolute atomic E-state index is 12.7. The molecular formula is C16H12F3NO6S. The van der Waals surface area contributed by atoms with Crippen LogP contribution in [0.25, 0.3) is 11.1 Å². The highest BCUT2D eigenvalue weighted by Gasteiger charge is 2.32. The van der Waals surface area contributed by atoms with E-state index >= 15 is 0 Å². The van der Waals surface area contributed by atoms with E-state index in [2.05, 4.69) is 4.74 Å². The van der Waals surface area contributed by atoms with Crippen LogP contribution in [0.2, 0.25) is 0 Å². The molecule has 0 amide bonds. The summed E-state index contributed by atoms with van der Waals surface area (Å²) in [5, 5.41) is 11.4. The van der Waals surface area contributed by atoms with Gasteiger partial charge in [0.2, 0.25) is 0 Å². The third-order valence-corrected chi connectivity index (χ3v) is 4.72. The van der Waals surface area contributed by atoms with Crippen molar-refractivity contribution in [3.8, 4) is 11.1 Å². The van der Waals surface area contributed by atoms with Gasteiger partial charge in [0.25, 0.3) is 5.69 Å². The van der Waals surface area contributed by atoms with Crippen molar-refractivity contribution in [2.24, 2.45) is 0 Å². The lowest BCUT2D eigenvalue weighted by Crippen LogP contribution is -2.09. The van der Waals surface area contributed by atoms with Gasteiger partial charge < -0.3 is 4.74 Å². The number of nitrogens with zero attached hydrogens (tertiary/aromatic N) is 1. The molecule has 0 unspecified atom stereocenters. The van der Waals surface area contributed by atoms with Crippen molar-refractivity contribution < 1.29 is 36.0 Å². The van der Waals surface area contributed by atoms with Crippen LogP contribution in [0.15, 0.2) is 41.3 Å². The predicted molar refractivity (Wildman–Crippen MR) is 88.0 cm³/mol. The van der Waals surface area contributed by atoms with Gasteiger partial charge in [-0.15, -0.1) is 0 Å². The van der Waals surface area contributed by atoms with E-state index < -0.39 is 48.6 Å². The summed E-state index contributed by atoms with van der Waals surface area (Å²) in [6.07, 6.45) is -3.86. The monoisotopic (exact) mass is 403 g/mol. The average Bonchev–Trinajstić information content (AvgIpc) is 2.58. The number of carbonyl (C=O) groups is 1. The lowest BCUT2D eigenvalue weighted by molar-refractivity contribution is -0.384. The molecule has 0 heterocycles. The lowest BCUT2D eigenvalue weighted by atomic mass is 10.00. The molecule has 0 radical (unpaired) electrons. The molecule has 0 bridgehead atoms. The summed E-state index contributed by atoms with van der Waals surface area (Å²) < 4.78 is 66.9.